The first kappa shape index (κ1) is 15.0. The van der Waals surface area contributed by atoms with Gasteiger partial charge in [-0.05, 0) is 0 Å². The second kappa shape index (κ2) is 5.68. The van der Waals surface area contributed by atoms with Crippen LogP contribution in [0, 0.1) is 0 Å². The molecule has 1 aliphatic rings. The van der Waals surface area contributed by atoms with Gasteiger partial charge >= 0.3 is 0 Å². The molecular weight excluding hydrogens is 278 g/mol. The highest BCUT2D eigenvalue weighted by atomic mass is 16.5. The Morgan fingerprint density at radius 2 is 2.14 bits per heavy atom. The molecule has 0 saturated heterocycles. The fourth-order valence-electron chi connectivity index (χ4n) is 2.62. The highest BCUT2D eigenvalue weighted by molar-refractivity contribution is 5.44. The SMILES string of the molecule is COCc1cc(N2CCc3[nH]ncc3C2)nc(C(C)(C)C)n1. The molecule has 3 rings (SSSR count). The van der Waals surface area contributed by atoms with Gasteiger partial charge in [0.1, 0.15) is 11.6 Å². The van der Waals surface area contributed by atoms with Crippen molar-refractivity contribution in [3.8, 4) is 0 Å². The lowest BCUT2D eigenvalue weighted by Crippen LogP contribution is -2.32. The van der Waals surface area contributed by atoms with Crippen molar-refractivity contribution in [2.45, 2.75) is 45.8 Å². The molecule has 0 unspecified atom stereocenters. The van der Waals surface area contributed by atoms with Crippen LogP contribution in [-0.4, -0.2) is 33.8 Å². The van der Waals surface area contributed by atoms with Crippen LogP contribution < -0.4 is 4.90 Å². The van der Waals surface area contributed by atoms with Crippen LogP contribution in [0.5, 0.6) is 0 Å². The minimum atomic E-state index is -0.0882. The van der Waals surface area contributed by atoms with Gasteiger partial charge in [-0.2, -0.15) is 5.10 Å². The lowest BCUT2D eigenvalue weighted by atomic mass is 9.95. The van der Waals surface area contributed by atoms with E-state index in [0.717, 1.165) is 36.8 Å². The van der Waals surface area contributed by atoms with E-state index in [1.165, 1.54) is 11.3 Å². The Bertz CT molecular complexity index is 659. The number of nitrogens with zero attached hydrogens (tertiary/aromatic N) is 4. The van der Waals surface area contributed by atoms with Gasteiger partial charge in [-0.1, -0.05) is 20.8 Å². The Morgan fingerprint density at radius 3 is 2.86 bits per heavy atom. The molecule has 6 heteroatoms. The Labute approximate surface area is 130 Å². The van der Waals surface area contributed by atoms with Crippen molar-refractivity contribution in [2.24, 2.45) is 0 Å². The molecule has 2 aromatic heterocycles. The molecule has 0 bridgehead atoms. The summed E-state index contributed by atoms with van der Waals surface area (Å²) in [7, 11) is 1.69. The van der Waals surface area contributed by atoms with Crippen LogP contribution in [0.4, 0.5) is 5.82 Å². The van der Waals surface area contributed by atoms with E-state index in [2.05, 4.69) is 40.9 Å². The van der Waals surface area contributed by atoms with Crippen LogP contribution in [-0.2, 0) is 29.7 Å². The predicted molar refractivity (Wildman–Crippen MR) is 84.8 cm³/mol. The molecule has 22 heavy (non-hydrogen) atoms. The molecule has 0 amide bonds. The molecule has 0 fully saturated rings. The van der Waals surface area contributed by atoms with Gasteiger partial charge in [0.05, 0.1) is 18.5 Å². The first-order valence-corrected chi connectivity index (χ1v) is 7.61. The van der Waals surface area contributed by atoms with Gasteiger partial charge in [0.2, 0.25) is 0 Å². The van der Waals surface area contributed by atoms with Gasteiger partial charge in [-0.3, -0.25) is 5.10 Å². The fourth-order valence-corrected chi connectivity index (χ4v) is 2.62. The van der Waals surface area contributed by atoms with Gasteiger partial charge in [0, 0.05) is 49.4 Å². The van der Waals surface area contributed by atoms with E-state index < -0.39 is 0 Å². The van der Waals surface area contributed by atoms with E-state index >= 15 is 0 Å². The number of fused-ring (bicyclic) bond motifs is 1. The largest absolute Gasteiger partial charge is 0.378 e. The highest BCUT2D eigenvalue weighted by Crippen LogP contribution is 2.26. The summed E-state index contributed by atoms with van der Waals surface area (Å²) in [5.74, 6) is 1.83. The Kier molecular flexibility index (Phi) is 3.87. The van der Waals surface area contributed by atoms with Crippen molar-refractivity contribution in [2.75, 3.05) is 18.6 Å². The summed E-state index contributed by atoms with van der Waals surface area (Å²) in [4.78, 5) is 11.7. The summed E-state index contributed by atoms with van der Waals surface area (Å²) < 4.78 is 5.26. The van der Waals surface area contributed by atoms with Crippen molar-refractivity contribution in [3.05, 3.63) is 35.0 Å². The quantitative estimate of drug-likeness (QED) is 0.941. The van der Waals surface area contributed by atoms with E-state index in [0.29, 0.717) is 6.61 Å². The summed E-state index contributed by atoms with van der Waals surface area (Å²) in [5.41, 5.74) is 3.32. The Morgan fingerprint density at radius 1 is 1.32 bits per heavy atom. The maximum absolute atomic E-state index is 5.26. The van der Waals surface area contributed by atoms with E-state index in [1.807, 2.05) is 12.3 Å². The molecule has 1 N–H and O–H groups in total. The zero-order valence-electron chi connectivity index (χ0n) is 13.7. The summed E-state index contributed by atoms with van der Waals surface area (Å²) in [5, 5.41) is 7.20. The lowest BCUT2D eigenvalue weighted by Gasteiger charge is -2.29. The maximum atomic E-state index is 5.26. The van der Waals surface area contributed by atoms with Crippen molar-refractivity contribution in [1.82, 2.24) is 20.2 Å². The van der Waals surface area contributed by atoms with Gasteiger partial charge in [0.15, 0.2) is 0 Å². The molecule has 0 saturated carbocycles. The average molecular weight is 301 g/mol. The number of methoxy groups -OCH3 is 1. The van der Waals surface area contributed by atoms with Crippen LogP contribution >= 0.6 is 0 Å². The van der Waals surface area contributed by atoms with E-state index in [4.69, 9.17) is 9.72 Å². The first-order chi connectivity index (χ1) is 10.5. The highest BCUT2D eigenvalue weighted by Gasteiger charge is 2.23. The second-order valence-electron chi connectivity index (χ2n) is 6.77. The van der Waals surface area contributed by atoms with Gasteiger partial charge in [0.25, 0.3) is 0 Å². The number of aromatic amines is 1. The van der Waals surface area contributed by atoms with Crippen LogP contribution in [0.3, 0.4) is 0 Å². The normalized spacial score (nSPS) is 15.0. The van der Waals surface area contributed by atoms with E-state index in [9.17, 15) is 0 Å². The molecule has 118 valence electrons. The summed E-state index contributed by atoms with van der Waals surface area (Å²) in [6, 6.07) is 2.03. The summed E-state index contributed by atoms with van der Waals surface area (Å²) in [6.45, 7) is 8.66. The third-order valence-electron chi connectivity index (χ3n) is 3.85. The topological polar surface area (TPSA) is 66.9 Å². The van der Waals surface area contributed by atoms with Crippen molar-refractivity contribution < 1.29 is 4.74 Å². The Hall–Kier alpha value is -1.95. The summed E-state index contributed by atoms with van der Waals surface area (Å²) in [6.07, 6.45) is 2.87. The lowest BCUT2D eigenvalue weighted by molar-refractivity contribution is 0.181. The first-order valence-electron chi connectivity index (χ1n) is 7.61. The van der Waals surface area contributed by atoms with Crippen molar-refractivity contribution >= 4 is 5.82 Å². The zero-order valence-corrected chi connectivity index (χ0v) is 13.7. The zero-order chi connectivity index (χ0) is 15.7. The monoisotopic (exact) mass is 301 g/mol. The number of hydrogen-bond donors (Lipinski definition) is 1. The number of hydrogen-bond acceptors (Lipinski definition) is 5. The third-order valence-corrected chi connectivity index (χ3v) is 3.85. The second-order valence-corrected chi connectivity index (χ2v) is 6.77. The standard InChI is InChI=1S/C16H23N5O/c1-16(2,3)15-18-12(10-22-4)7-14(19-15)21-6-5-13-11(9-21)8-17-20-13/h7-8H,5-6,9-10H2,1-4H3,(H,17,20). The number of nitrogens with one attached hydrogen (secondary N) is 1. The molecule has 3 heterocycles. The minimum absolute atomic E-state index is 0.0882. The van der Waals surface area contributed by atoms with Gasteiger partial charge in [-0.25, -0.2) is 9.97 Å². The molecule has 6 nitrogen and oxygen atoms in total. The molecule has 2 aromatic rings. The number of H-pyrrole nitrogens is 1. The van der Waals surface area contributed by atoms with Gasteiger partial charge < -0.3 is 9.64 Å². The molecular formula is C16H23N5O. The average Bonchev–Trinajstić information content (AvgIpc) is 2.93. The third kappa shape index (κ3) is 2.97. The van der Waals surface area contributed by atoms with Gasteiger partial charge in [-0.15, -0.1) is 0 Å². The maximum Gasteiger partial charge on any atom is 0.136 e. The number of aromatic nitrogens is 4. The predicted octanol–water partition coefficient (Wildman–Crippen LogP) is 2.21. The molecule has 0 atom stereocenters. The van der Waals surface area contributed by atoms with Crippen LogP contribution in [0.15, 0.2) is 12.3 Å². The van der Waals surface area contributed by atoms with Crippen molar-refractivity contribution in [1.29, 1.82) is 0 Å². The minimum Gasteiger partial charge on any atom is -0.378 e. The smallest absolute Gasteiger partial charge is 0.136 e. The van der Waals surface area contributed by atoms with Crippen LogP contribution in [0.2, 0.25) is 0 Å². The molecule has 1 aliphatic heterocycles. The molecule has 0 aliphatic carbocycles. The molecule has 0 radical (unpaired) electrons. The summed E-state index contributed by atoms with van der Waals surface area (Å²) >= 11 is 0. The number of anilines is 1. The van der Waals surface area contributed by atoms with E-state index in [-0.39, 0.29) is 5.41 Å². The van der Waals surface area contributed by atoms with Crippen LogP contribution in [0.25, 0.3) is 0 Å². The molecule has 0 spiro atoms. The fraction of sp³-hybridized carbons (Fsp3) is 0.562. The molecule has 0 aromatic carbocycles. The number of ether oxygens (including phenoxy) is 1. The van der Waals surface area contributed by atoms with E-state index in [1.54, 1.807) is 7.11 Å². The number of rotatable bonds is 3. The van der Waals surface area contributed by atoms with Crippen LogP contribution in [0.1, 0.15) is 43.5 Å². The van der Waals surface area contributed by atoms with Crippen molar-refractivity contribution in [3.63, 3.8) is 0 Å². The Balaban J connectivity index is 1.94.